The Hall–Kier alpha value is -3.91. The highest BCUT2D eigenvalue weighted by atomic mass is 32.2. The van der Waals surface area contributed by atoms with Gasteiger partial charge in [0.15, 0.2) is 0 Å². The Morgan fingerprint density at radius 3 is 2.29 bits per heavy atom. The second kappa shape index (κ2) is 12.9. The molecular formula is C28H37N5O8S. The molecule has 2 aliphatic rings. The predicted molar refractivity (Wildman–Crippen MR) is 156 cm³/mol. The molecule has 0 saturated carbocycles. The van der Waals surface area contributed by atoms with Gasteiger partial charge in [-0.1, -0.05) is 0 Å². The summed E-state index contributed by atoms with van der Waals surface area (Å²) in [6.45, 7) is 9.32. The molecule has 2 heterocycles. The van der Waals surface area contributed by atoms with Crippen LogP contribution in [-0.4, -0.2) is 81.8 Å². The number of carbonyl (C=O) groups excluding carboxylic acids is 2. The van der Waals surface area contributed by atoms with E-state index < -0.39 is 37.0 Å². The van der Waals surface area contributed by atoms with E-state index >= 15 is 0 Å². The number of benzene rings is 2. The zero-order valence-electron chi connectivity index (χ0n) is 24.0. The Bertz CT molecular complexity index is 1390. The van der Waals surface area contributed by atoms with E-state index in [4.69, 9.17) is 9.47 Å². The molecule has 0 radical (unpaired) electrons. The zero-order chi connectivity index (χ0) is 30.5. The van der Waals surface area contributed by atoms with Crippen molar-refractivity contribution < 1.29 is 32.4 Å². The molecule has 2 N–H and O–H groups in total. The number of ether oxygens (including phenoxy) is 2. The molecule has 13 nitrogen and oxygen atoms in total. The predicted octanol–water partition coefficient (Wildman–Crippen LogP) is 3.61. The summed E-state index contributed by atoms with van der Waals surface area (Å²) in [4.78, 5) is 39.5. The van der Waals surface area contributed by atoms with Crippen molar-refractivity contribution in [3.63, 3.8) is 0 Å². The van der Waals surface area contributed by atoms with Crippen LogP contribution in [0.15, 0.2) is 47.4 Å². The maximum Gasteiger partial charge on any atom is 0.410 e. The van der Waals surface area contributed by atoms with Gasteiger partial charge < -0.3 is 24.6 Å². The largest absolute Gasteiger partial charge is 0.444 e. The number of hydrogen-bond donors (Lipinski definition) is 2. The molecule has 2 aromatic carbocycles. The molecule has 0 bridgehead atoms. The van der Waals surface area contributed by atoms with Crippen LogP contribution in [0.3, 0.4) is 0 Å². The van der Waals surface area contributed by atoms with E-state index in [1.54, 1.807) is 17.0 Å². The second-order valence-corrected chi connectivity index (χ2v) is 13.0. The lowest BCUT2D eigenvalue weighted by atomic mass is 10.0. The smallest absolute Gasteiger partial charge is 0.410 e. The molecule has 2 fully saturated rings. The minimum atomic E-state index is -4.38. The number of nitro benzene ring substituents is 1. The Balaban J connectivity index is 1.36. The maximum atomic E-state index is 13.0. The van der Waals surface area contributed by atoms with Crippen LogP contribution in [0, 0.1) is 16.0 Å². The topological polar surface area (TPSA) is 160 Å². The number of amides is 2. The highest BCUT2D eigenvalue weighted by molar-refractivity contribution is 7.90. The number of nitro groups is 1. The van der Waals surface area contributed by atoms with Crippen LogP contribution >= 0.6 is 0 Å². The summed E-state index contributed by atoms with van der Waals surface area (Å²) in [5, 5.41) is 14.7. The summed E-state index contributed by atoms with van der Waals surface area (Å²) >= 11 is 0. The number of hydrogen-bond acceptors (Lipinski definition) is 10. The Morgan fingerprint density at radius 2 is 1.69 bits per heavy atom. The molecule has 0 unspecified atom stereocenters. The highest BCUT2D eigenvalue weighted by Gasteiger charge is 2.27. The lowest BCUT2D eigenvalue weighted by Crippen LogP contribution is -2.50. The van der Waals surface area contributed by atoms with Gasteiger partial charge in [0.05, 0.1) is 9.82 Å². The van der Waals surface area contributed by atoms with Gasteiger partial charge in [-0.25, -0.2) is 17.9 Å². The molecular weight excluding hydrogens is 566 g/mol. The summed E-state index contributed by atoms with van der Waals surface area (Å²) in [5.74, 6) is -0.560. The third-order valence-electron chi connectivity index (χ3n) is 7.05. The Kier molecular flexibility index (Phi) is 9.57. The molecule has 2 aromatic rings. The van der Waals surface area contributed by atoms with Crippen molar-refractivity contribution in [1.82, 2.24) is 9.62 Å². The Labute approximate surface area is 245 Å². The Morgan fingerprint density at radius 1 is 1.05 bits per heavy atom. The fourth-order valence-electron chi connectivity index (χ4n) is 4.72. The molecule has 0 atom stereocenters. The fourth-order valence-corrected chi connectivity index (χ4v) is 5.71. The lowest BCUT2D eigenvalue weighted by Gasteiger charge is -2.36. The summed E-state index contributed by atoms with van der Waals surface area (Å²) < 4.78 is 38.7. The van der Waals surface area contributed by atoms with Crippen LogP contribution in [0.25, 0.3) is 0 Å². The van der Waals surface area contributed by atoms with Crippen LogP contribution in [0.1, 0.15) is 44.0 Å². The number of carbonyl (C=O) groups is 2. The van der Waals surface area contributed by atoms with Gasteiger partial charge in [-0.2, -0.15) is 0 Å². The van der Waals surface area contributed by atoms with E-state index in [-0.39, 0.29) is 17.3 Å². The number of sulfonamides is 1. The fraction of sp³-hybridized carbons (Fsp3) is 0.500. The van der Waals surface area contributed by atoms with Gasteiger partial charge in [-0.05, 0) is 75.9 Å². The van der Waals surface area contributed by atoms with Crippen molar-refractivity contribution in [1.29, 1.82) is 0 Å². The molecule has 228 valence electrons. The van der Waals surface area contributed by atoms with Crippen LogP contribution in [0.2, 0.25) is 0 Å². The molecule has 0 spiro atoms. The third kappa shape index (κ3) is 8.10. The molecule has 14 heteroatoms. The minimum absolute atomic E-state index is 0.110. The molecule has 4 rings (SSSR count). The SMILES string of the molecule is CC(C)(C)OC(=O)N1CCN(c2ccc(C(=O)NS(=O)(=O)c3ccc(NCC4CCOCC4)c([N+](=O)[O-])c3)cc2)CC1. The average Bonchev–Trinajstić information content (AvgIpc) is 2.95. The van der Waals surface area contributed by atoms with Crippen molar-refractivity contribution in [2.24, 2.45) is 5.92 Å². The number of nitrogens with one attached hydrogen (secondary N) is 2. The van der Waals surface area contributed by atoms with Crippen molar-refractivity contribution in [3.8, 4) is 0 Å². The van der Waals surface area contributed by atoms with Crippen molar-refractivity contribution >= 4 is 39.1 Å². The average molecular weight is 604 g/mol. The van der Waals surface area contributed by atoms with Gasteiger partial charge in [-0.15, -0.1) is 0 Å². The van der Waals surface area contributed by atoms with Crippen LogP contribution < -0.4 is 14.9 Å². The van der Waals surface area contributed by atoms with Gasteiger partial charge in [0.25, 0.3) is 21.6 Å². The summed E-state index contributed by atoms with van der Waals surface area (Å²) in [6.07, 6.45) is 1.32. The van der Waals surface area contributed by atoms with Gasteiger partial charge in [-0.3, -0.25) is 14.9 Å². The van der Waals surface area contributed by atoms with Crippen LogP contribution in [0.4, 0.5) is 21.9 Å². The molecule has 42 heavy (non-hydrogen) atoms. The summed E-state index contributed by atoms with van der Waals surface area (Å²) in [6, 6.07) is 9.94. The molecule has 0 aromatic heterocycles. The monoisotopic (exact) mass is 603 g/mol. The van der Waals surface area contributed by atoms with Crippen molar-refractivity contribution in [3.05, 3.63) is 58.1 Å². The molecule has 2 amide bonds. The number of nitrogens with zero attached hydrogens (tertiary/aromatic N) is 3. The number of anilines is 2. The highest BCUT2D eigenvalue weighted by Crippen LogP contribution is 2.29. The van der Waals surface area contributed by atoms with Gasteiger partial charge in [0, 0.05) is 63.3 Å². The van der Waals surface area contributed by atoms with E-state index in [9.17, 15) is 28.1 Å². The molecule has 0 aliphatic carbocycles. The number of piperazine rings is 1. The van der Waals surface area contributed by atoms with Crippen LogP contribution in [0.5, 0.6) is 0 Å². The van der Waals surface area contributed by atoms with Crippen molar-refractivity contribution in [2.45, 2.75) is 44.1 Å². The molecule has 2 saturated heterocycles. The normalized spacial score (nSPS) is 16.5. The summed E-state index contributed by atoms with van der Waals surface area (Å²) in [5.41, 5.74) is 0.169. The zero-order valence-corrected chi connectivity index (χ0v) is 24.8. The van der Waals surface area contributed by atoms with Crippen molar-refractivity contribution in [2.75, 3.05) is 56.2 Å². The quantitative estimate of drug-likeness (QED) is 0.337. The maximum absolute atomic E-state index is 13.0. The van der Waals surface area contributed by atoms with E-state index in [1.165, 1.54) is 24.3 Å². The number of rotatable bonds is 8. The van der Waals surface area contributed by atoms with E-state index in [0.717, 1.165) is 24.6 Å². The molecule has 2 aliphatic heterocycles. The third-order valence-corrected chi connectivity index (χ3v) is 8.38. The first-order valence-corrected chi connectivity index (χ1v) is 15.3. The standard InChI is InChI=1S/C28H37N5O8S/c1-28(2,3)41-27(35)32-14-12-31(13-15-32)22-6-4-21(5-7-22)26(34)30-42(38,39)23-8-9-24(25(18-23)33(36)37)29-19-20-10-16-40-17-11-20/h4-9,18,20,29H,10-17,19H2,1-3H3,(H,30,34). The first kappa shape index (κ1) is 31.0. The first-order valence-electron chi connectivity index (χ1n) is 13.8. The van der Waals surface area contributed by atoms with E-state index in [2.05, 4.69) is 10.2 Å². The van der Waals surface area contributed by atoms with E-state index in [1.807, 2.05) is 25.5 Å². The van der Waals surface area contributed by atoms with Crippen LogP contribution in [-0.2, 0) is 19.5 Å². The van der Waals surface area contributed by atoms with Gasteiger partial charge >= 0.3 is 6.09 Å². The minimum Gasteiger partial charge on any atom is -0.444 e. The lowest BCUT2D eigenvalue weighted by molar-refractivity contribution is -0.384. The first-order chi connectivity index (χ1) is 19.8. The van der Waals surface area contributed by atoms with E-state index in [0.29, 0.717) is 51.9 Å². The second-order valence-electron chi connectivity index (χ2n) is 11.3. The summed E-state index contributed by atoms with van der Waals surface area (Å²) in [7, 11) is -4.38. The van der Waals surface area contributed by atoms with Gasteiger partial charge in [0.2, 0.25) is 0 Å². The van der Waals surface area contributed by atoms with Gasteiger partial charge in [0.1, 0.15) is 11.3 Å².